The zero-order valence-electron chi connectivity index (χ0n) is 14.5. The first-order chi connectivity index (χ1) is 12.5. The van der Waals surface area contributed by atoms with E-state index in [9.17, 15) is 14.0 Å². The fourth-order valence-corrected chi connectivity index (χ4v) is 2.85. The van der Waals surface area contributed by atoms with Crippen LogP contribution in [0.1, 0.15) is 15.9 Å². The van der Waals surface area contributed by atoms with Crippen LogP contribution in [-0.2, 0) is 18.3 Å². The summed E-state index contributed by atoms with van der Waals surface area (Å²) in [6.07, 6.45) is 1.98. The fourth-order valence-electron chi connectivity index (χ4n) is 2.85. The molecule has 5 nitrogen and oxygen atoms in total. The summed E-state index contributed by atoms with van der Waals surface area (Å²) in [5.74, 6) is -0.670. The Bertz CT molecular complexity index is 932. The molecule has 134 valence electrons. The first-order valence-corrected chi connectivity index (χ1v) is 8.38. The topological polar surface area (TPSA) is 63.1 Å². The number of halogens is 1. The molecule has 0 bridgehead atoms. The minimum Gasteiger partial charge on any atom is -0.354 e. The van der Waals surface area contributed by atoms with E-state index in [1.807, 2.05) is 35.9 Å². The van der Waals surface area contributed by atoms with Gasteiger partial charge in [-0.3, -0.25) is 9.59 Å². The highest BCUT2D eigenvalue weighted by molar-refractivity contribution is 6.06. The Morgan fingerprint density at radius 3 is 2.46 bits per heavy atom. The van der Waals surface area contributed by atoms with Crippen LogP contribution >= 0.6 is 0 Å². The Balaban J connectivity index is 1.47. The molecule has 2 amide bonds. The van der Waals surface area contributed by atoms with Gasteiger partial charge in [0.15, 0.2) is 0 Å². The van der Waals surface area contributed by atoms with Crippen molar-refractivity contribution < 1.29 is 14.0 Å². The van der Waals surface area contributed by atoms with Gasteiger partial charge in [-0.1, -0.05) is 30.3 Å². The SMILES string of the molecule is Cn1cc(C(=O)NCCNC(=O)Cc2ccc(F)cc2)c2ccccc21. The third-order valence-corrected chi connectivity index (χ3v) is 4.15. The van der Waals surface area contributed by atoms with Crippen LogP contribution in [0.15, 0.2) is 54.7 Å². The van der Waals surface area contributed by atoms with Crippen LogP contribution in [-0.4, -0.2) is 29.5 Å². The number of nitrogens with zero attached hydrogens (tertiary/aromatic N) is 1. The number of amides is 2. The number of nitrogens with one attached hydrogen (secondary N) is 2. The van der Waals surface area contributed by atoms with Crippen molar-refractivity contribution in [2.75, 3.05) is 13.1 Å². The van der Waals surface area contributed by atoms with E-state index in [-0.39, 0.29) is 24.1 Å². The van der Waals surface area contributed by atoms with Gasteiger partial charge in [-0.15, -0.1) is 0 Å². The van der Waals surface area contributed by atoms with Gasteiger partial charge >= 0.3 is 0 Å². The van der Waals surface area contributed by atoms with Crippen molar-refractivity contribution in [1.82, 2.24) is 15.2 Å². The Labute approximate surface area is 150 Å². The molecule has 26 heavy (non-hydrogen) atoms. The van der Waals surface area contributed by atoms with Gasteiger partial charge in [0.25, 0.3) is 5.91 Å². The summed E-state index contributed by atoms with van der Waals surface area (Å²) < 4.78 is 14.8. The number of aryl methyl sites for hydroxylation is 1. The van der Waals surface area contributed by atoms with Crippen LogP contribution in [0.4, 0.5) is 4.39 Å². The second-order valence-corrected chi connectivity index (χ2v) is 6.08. The molecular formula is C20H20FN3O2. The van der Waals surface area contributed by atoms with E-state index in [0.717, 1.165) is 16.5 Å². The van der Waals surface area contributed by atoms with Gasteiger partial charge in [-0.25, -0.2) is 4.39 Å². The van der Waals surface area contributed by atoms with E-state index >= 15 is 0 Å². The van der Waals surface area contributed by atoms with Crippen molar-refractivity contribution in [3.05, 3.63) is 71.7 Å². The highest BCUT2D eigenvalue weighted by Gasteiger charge is 2.13. The molecule has 0 saturated heterocycles. The molecule has 3 rings (SSSR count). The van der Waals surface area contributed by atoms with Crippen LogP contribution in [0.5, 0.6) is 0 Å². The Hall–Kier alpha value is -3.15. The molecule has 2 N–H and O–H groups in total. The lowest BCUT2D eigenvalue weighted by Gasteiger charge is -2.07. The van der Waals surface area contributed by atoms with E-state index < -0.39 is 0 Å². The van der Waals surface area contributed by atoms with Gasteiger partial charge in [0.2, 0.25) is 5.91 Å². The van der Waals surface area contributed by atoms with Gasteiger partial charge in [-0.05, 0) is 23.8 Å². The maximum Gasteiger partial charge on any atom is 0.253 e. The highest BCUT2D eigenvalue weighted by atomic mass is 19.1. The molecule has 2 aromatic carbocycles. The Morgan fingerprint density at radius 2 is 1.69 bits per heavy atom. The lowest BCUT2D eigenvalue weighted by atomic mass is 10.1. The van der Waals surface area contributed by atoms with Gasteiger partial charge in [-0.2, -0.15) is 0 Å². The average molecular weight is 353 g/mol. The van der Waals surface area contributed by atoms with Crippen molar-refractivity contribution in [1.29, 1.82) is 0 Å². The summed E-state index contributed by atoms with van der Waals surface area (Å²) >= 11 is 0. The molecule has 0 aliphatic carbocycles. The number of carbonyl (C=O) groups is 2. The van der Waals surface area contributed by atoms with E-state index in [1.165, 1.54) is 12.1 Å². The minimum absolute atomic E-state index is 0.170. The average Bonchev–Trinajstić information content (AvgIpc) is 2.98. The molecular weight excluding hydrogens is 333 g/mol. The second-order valence-electron chi connectivity index (χ2n) is 6.08. The van der Waals surface area contributed by atoms with Crippen molar-refractivity contribution in [3.63, 3.8) is 0 Å². The molecule has 0 aliphatic heterocycles. The first-order valence-electron chi connectivity index (χ1n) is 8.38. The number of fused-ring (bicyclic) bond motifs is 1. The van der Waals surface area contributed by atoms with Crippen LogP contribution in [0.3, 0.4) is 0 Å². The predicted octanol–water partition coefficient (Wildman–Crippen LogP) is 2.41. The van der Waals surface area contributed by atoms with Crippen LogP contribution in [0.25, 0.3) is 10.9 Å². The number of benzene rings is 2. The maximum atomic E-state index is 12.8. The number of para-hydroxylation sites is 1. The Morgan fingerprint density at radius 1 is 1.00 bits per heavy atom. The maximum absolute atomic E-state index is 12.8. The lowest BCUT2D eigenvalue weighted by molar-refractivity contribution is -0.120. The molecule has 0 saturated carbocycles. The summed E-state index contributed by atoms with van der Waals surface area (Å²) in [6, 6.07) is 13.5. The summed E-state index contributed by atoms with van der Waals surface area (Å²) in [5.41, 5.74) is 2.34. The predicted molar refractivity (Wildman–Crippen MR) is 98.4 cm³/mol. The minimum atomic E-state index is -0.328. The number of rotatable bonds is 6. The third kappa shape index (κ3) is 4.08. The summed E-state index contributed by atoms with van der Waals surface area (Å²) in [5, 5.41) is 6.45. The smallest absolute Gasteiger partial charge is 0.253 e. The van der Waals surface area contributed by atoms with Gasteiger partial charge in [0, 0.05) is 37.2 Å². The summed E-state index contributed by atoms with van der Waals surface area (Å²) in [7, 11) is 1.90. The monoisotopic (exact) mass is 353 g/mol. The van der Waals surface area contributed by atoms with E-state index in [1.54, 1.807) is 18.3 Å². The van der Waals surface area contributed by atoms with Crippen molar-refractivity contribution in [3.8, 4) is 0 Å². The van der Waals surface area contributed by atoms with Crippen molar-refractivity contribution in [2.45, 2.75) is 6.42 Å². The normalized spacial score (nSPS) is 10.7. The number of hydrogen-bond donors (Lipinski definition) is 2. The first kappa shape index (κ1) is 17.7. The zero-order chi connectivity index (χ0) is 18.5. The van der Waals surface area contributed by atoms with Gasteiger partial charge in [0.1, 0.15) is 5.82 Å². The molecule has 3 aromatic rings. The second kappa shape index (κ2) is 7.82. The van der Waals surface area contributed by atoms with Gasteiger partial charge in [0.05, 0.1) is 12.0 Å². The Kier molecular flexibility index (Phi) is 5.31. The van der Waals surface area contributed by atoms with Crippen LogP contribution in [0, 0.1) is 5.82 Å². The van der Waals surface area contributed by atoms with Crippen molar-refractivity contribution in [2.24, 2.45) is 7.05 Å². The molecule has 0 radical (unpaired) electrons. The van der Waals surface area contributed by atoms with E-state index in [0.29, 0.717) is 18.7 Å². The number of hydrogen-bond acceptors (Lipinski definition) is 2. The molecule has 6 heteroatoms. The molecule has 1 heterocycles. The molecule has 0 spiro atoms. The van der Waals surface area contributed by atoms with E-state index in [2.05, 4.69) is 10.6 Å². The molecule has 0 atom stereocenters. The summed E-state index contributed by atoms with van der Waals surface area (Å²) in [4.78, 5) is 24.2. The largest absolute Gasteiger partial charge is 0.354 e. The fraction of sp³-hybridized carbons (Fsp3) is 0.200. The summed E-state index contributed by atoms with van der Waals surface area (Å²) in [6.45, 7) is 0.660. The lowest BCUT2D eigenvalue weighted by Crippen LogP contribution is -2.35. The number of carbonyl (C=O) groups excluding carboxylic acids is 2. The van der Waals surface area contributed by atoms with Crippen LogP contribution < -0.4 is 10.6 Å². The molecule has 0 aliphatic rings. The standard InChI is InChI=1S/C20H20FN3O2/c1-24-13-17(16-4-2-3-5-18(16)24)20(26)23-11-10-22-19(25)12-14-6-8-15(21)9-7-14/h2-9,13H,10-12H2,1H3,(H,22,25)(H,23,26). The molecule has 0 fully saturated rings. The third-order valence-electron chi connectivity index (χ3n) is 4.15. The zero-order valence-corrected chi connectivity index (χ0v) is 14.5. The van der Waals surface area contributed by atoms with Crippen molar-refractivity contribution >= 4 is 22.7 Å². The quantitative estimate of drug-likeness (QED) is 0.669. The molecule has 0 unspecified atom stereocenters. The van der Waals surface area contributed by atoms with Gasteiger partial charge < -0.3 is 15.2 Å². The highest BCUT2D eigenvalue weighted by Crippen LogP contribution is 2.19. The van der Waals surface area contributed by atoms with Crippen LogP contribution in [0.2, 0.25) is 0 Å². The molecule has 1 aromatic heterocycles. The van der Waals surface area contributed by atoms with E-state index in [4.69, 9.17) is 0 Å². The number of aromatic nitrogens is 1.